The molecule has 0 spiro atoms. The first kappa shape index (κ1) is 55.6. The minimum atomic E-state index is -0.878. The third-order valence-corrected chi connectivity index (χ3v) is 12.6. The topological polar surface area (TPSA) is 71.1 Å². The van der Waals surface area contributed by atoms with Gasteiger partial charge in [0.2, 0.25) is 0 Å². The summed E-state index contributed by atoms with van der Waals surface area (Å²) in [5.41, 5.74) is 5.98. The number of unbranched alkanes of at least 4 members (excludes halogenated alkanes) is 21. The second-order valence-electron chi connectivity index (χ2n) is 16.9. The van der Waals surface area contributed by atoms with Crippen LogP contribution in [0.15, 0.2) is 54.7 Å². The molecule has 0 saturated heterocycles. The molecule has 6 nitrogen and oxygen atoms in total. The predicted molar refractivity (Wildman–Crippen MR) is 258 cm³/mol. The van der Waals surface area contributed by atoms with Gasteiger partial charge in [-0.2, -0.15) is 0 Å². The maximum atomic E-state index is 12.2. The van der Waals surface area contributed by atoms with Crippen molar-refractivity contribution in [1.29, 1.82) is 0 Å². The van der Waals surface area contributed by atoms with Crippen molar-refractivity contribution in [3.05, 3.63) is 60.2 Å². The third kappa shape index (κ3) is 38.5. The van der Waals surface area contributed by atoms with Crippen molar-refractivity contribution in [3.8, 4) is 11.5 Å². The molecule has 1 aromatic rings. The van der Waals surface area contributed by atoms with Crippen LogP contribution in [0.3, 0.4) is 0 Å². The van der Waals surface area contributed by atoms with E-state index in [1.807, 2.05) is 6.07 Å². The molecular formula is C53H91AsO6. The van der Waals surface area contributed by atoms with Gasteiger partial charge >= 0.3 is 172 Å². The fraction of sp³-hybridized carbons (Fsp3) is 0.736. The fourth-order valence-corrected chi connectivity index (χ4v) is 8.89. The summed E-state index contributed by atoms with van der Waals surface area (Å²) in [6.07, 6.45) is 47.4. The van der Waals surface area contributed by atoms with Crippen molar-refractivity contribution in [2.24, 2.45) is 0 Å². The molecule has 0 saturated carbocycles. The Balaban J connectivity index is 2.09. The van der Waals surface area contributed by atoms with Crippen LogP contribution in [0.2, 0.25) is 11.4 Å². The van der Waals surface area contributed by atoms with E-state index in [4.69, 9.17) is 18.9 Å². The summed E-state index contributed by atoms with van der Waals surface area (Å²) in [4.78, 5) is 24.4. The van der Waals surface area contributed by atoms with Crippen molar-refractivity contribution in [2.45, 2.75) is 223 Å². The van der Waals surface area contributed by atoms with Crippen molar-refractivity contribution in [3.63, 3.8) is 0 Å². The van der Waals surface area contributed by atoms with Gasteiger partial charge in [-0.05, 0) is 70.6 Å². The number of hydrogen-bond donors (Lipinski definition) is 0. The Morgan fingerprint density at radius 1 is 0.450 bits per heavy atom. The Hall–Kier alpha value is -2.46. The van der Waals surface area contributed by atoms with Gasteiger partial charge in [0, 0.05) is 0 Å². The first-order valence-corrected chi connectivity index (χ1v) is 29.8. The van der Waals surface area contributed by atoms with E-state index in [2.05, 4.69) is 73.9 Å². The van der Waals surface area contributed by atoms with E-state index in [1.165, 1.54) is 121 Å². The molecule has 1 aromatic carbocycles. The van der Waals surface area contributed by atoms with Crippen molar-refractivity contribution < 1.29 is 28.5 Å². The Morgan fingerprint density at radius 2 is 0.817 bits per heavy atom. The van der Waals surface area contributed by atoms with Gasteiger partial charge in [-0.3, -0.25) is 0 Å². The molecule has 1 rings (SSSR count). The van der Waals surface area contributed by atoms with Crippen LogP contribution in [-0.4, -0.2) is 53.0 Å². The molecule has 344 valence electrons. The molecule has 0 amide bonds. The molecule has 7 heteroatoms. The van der Waals surface area contributed by atoms with Crippen LogP contribution in [-0.2, 0) is 24.3 Å². The minimum absolute atomic E-state index is 0.0772. The van der Waals surface area contributed by atoms with Gasteiger partial charge in [0.25, 0.3) is 0 Å². The zero-order valence-corrected chi connectivity index (χ0v) is 41.2. The van der Waals surface area contributed by atoms with Crippen LogP contribution < -0.4 is 9.47 Å². The van der Waals surface area contributed by atoms with Crippen LogP contribution in [0.1, 0.15) is 212 Å². The molecule has 60 heavy (non-hydrogen) atoms. The summed E-state index contributed by atoms with van der Waals surface area (Å²) < 4.78 is 23.2. The molecule has 0 aliphatic carbocycles. The summed E-state index contributed by atoms with van der Waals surface area (Å²) in [7, 11) is 0. The van der Waals surface area contributed by atoms with Gasteiger partial charge in [-0.25, -0.2) is 0 Å². The number of allylic oxidation sites excluding steroid dienone is 6. The SMILES string of the molecule is CCCCCC=CCC=CCCCCCCCC(=O)OCCCCOc1cc(C[As](C)C)cc(OCCCCOC(=O)CCCCCCCC=CCCCCCCCC)c1. The normalized spacial score (nSPS) is 11.8. The van der Waals surface area contributed by atoms with Crippen molar-refractivity contribution >= 4 is 26.6 Å². The predicted octanol–water partition coefficient (Wildman–Crippen LogP) is 15.8. The Morgan fingerprint density at radius 3 is 1.27 bits per heavy atom. The van der Waals surface area contributed by atoms with E-state index in [9.17, 15) is 9.59 Å². The third-order valence-electron chi connectivity index (χ3n) is 10.6. The van der Waals surface area contributed by atoms with Crippen LogP contribution in [0.4, 0.5) is 0 Å². The molecule has 0 fully saturated rings. The second-order valence-corrected chi connectivity index (χ2v) is 22.1. The summed E-state index contributed by atoms with van der Waals surface area (Å²) in [6, 6.07) is 6.26. The van der Waals surface area contributed by atoms with Gasteiger partial charge in [0.1, 0.15) is 0 Å². The van der Waals surface area contributed by atoms with Crippen molar-refractivity contribution in [1.82, 2.24) is 0 Å². The zero-order valence-electron chi connectivity index (χ0n) is 39.3. The number of benzene rings is 1. The van der Waals surface area contributed by atoms with Gasteiger partial charge in [0.15, 0.2) is 0 Å². The number of esters is 2. The van der Waals surface area contributed by atoms with Crippen molar-refractivity contribution in [2.75, 3.05) is 26.4 Å². The van der Waals surface area contributed by atoms with Crippen LogP contribution in [0.25, 0.3) is 0 Å². The summed E-state index contributed by atoms with van der Waals surface area (Å²) >= 11 is -0.878. The Bertz CT molecular complexity index is 1220. The molecule has 0 unspecified atom stereocenters. The molecule has 0 bridgehead atoms. The molecule has 0 aromatic heterocycles. The average molecular weight is 899 g/mol. The number of ether oxygens (including phenoxy) is 4. The Kier molecular flexibility index (Phi) is 40.0. The van der Waals surface area contributed by atoms with E-state index >= 15 is 0 Å². The first-order chi connectivity index (χ1) is 29.4. The molecular weight excluding hydrogens is 807 g/mol. The Labute approximate surface area is 374 Å². The number of rotatable bonds is 43. The van der Waals surface area contributed by atoms with E-state index in [-0.39, 0.29) is 11.9 Å². The molecule has 0 N–H and O–H groups in total. The van der Waals surface area contributed by atoms with Crippen LogP contribution in [0, 0.1) is 0 Å². The van der Waals surface area contributed by atoms with Gasteiger partial charge in [0.05, 0.1) is 0 Å². The van der Waals surface area contributed by atoms with Crippen LogP contribution >= 0.6 is 0 Å². The zero-order chi connectivity index (χ0) is 43.4. The summed E-state index contributed by atoms with van der Waals surface area (Å²) in [5.74, 6) is 1.51. The standard InChI is InChI=1S/C53H91AsO6/c1-5-7-9-11-13-15-17-19-21-23-25-27-29-31-33-39-52(55)59-43-37-35-41-57-50-45-49(48-54(3)4)46-51(47-50)58-42-36-38-44-60-53(56)40-34-32-30-28-26-24-22-20-18-16-14-12-10-8-6-2/h13,15,19-22,45-47H,5-12,14,16-18,23-44,48H2,1-4H3. The molecule has 0 aliphatic heterocycles. The molecule has 0 radical (unpaired) electrons. The summed E-state index contributed by atoms with van der Waals surface area (Å²) in [6.45, 7) is 6.57. The molecule has 0 atom stereocenters. The first-order valence-electron chi connectivity index (χ1n) is 24.7. The van der Waals surface area contributed by atoms with Crippen LogP contribution in [0.5, 0.6) is 11.5 Å². The van der Waals surface area contributed by atoms with E-state index in [1.54, 1.807) is 0 Å². The number of carbonyl (C=O) groups is 2. The monoisotopic (exact) mass is 899 g/mol. The number of carbonyl (C=O) groups excluding carboxylic acids is 2. The van der Waals surface area contributed by atoms with Gasteiger partial charge in [-0.15, -0.1) is 0 Å². The fourth-order valence-electron chi connectivity index (χ4n) is 6.98. The second kappa shape index (κ2) is 43.2. The van der Waals surface area contributed by atoms with E-state index in [0.717, 1.165) is 80.9 Å². The molecule has 0 heterocycles. The summed E-state index contributed by atoms with van der Waals surface area (Å²) in [5, 5.41) is 1.10. The van der Waals surface area contributed by atoms with E-state index in [0.29, 0.717) is 39.3 Å². The number of hydrogen-bond acceptors (Lipinski definition) is 6. The molecule has 0 aliphatic rings. The van der Waals surface area contributed by atoms with Gasteiger partial charge < -0.3 is 0 Å². The maximum absolute atomic E-state index is 12.2. The van der Waals surface area contributed by atoms with E-state index < -0.39 is 14.7 Å². The average Bonchev–Trinajstić information content (AvgIpc) is 3.23. The quantitative estimate of drug-likeness (QED) is 0.0281. The van der Waals surface area contributed by atoms with Gasteiger partial charge in [-0.1, -0.05) is 134 Å².